The molecular weight excluding hydrogens is 380 g/mol. The third kappa shape index (κ3) is 3.21. The van der Waals surface area contributed by atoms with Crippen molar-refractivity contribution < 1.29 is 19.7 Å². The van der Waals surface area contributed by atoms with E-state index in [1.165, 1.54) is 0 Å². The third-order valence-electron chi connectivity index (χ3n) is 5.35. The van der Waals surface area contributed by atoms with Crippen LogP contribution in [0.25, 0.3) is 16.8 Å². The maximum atomic E-state index is 11.5. The molecule has 4 rings (SSSR count). The van der Waals surface area contributed by atoms with Gasteiger partial charge in [0.2, 0.25) is 5.88 Å². The maximum Gasteiger partial charge on any atom is 0.336 e. The highest BCUT2D eigenvalue weighted by molar-refractivity contribution is 5.96. The summed E-state index contributed by atoms with van der Waals surface area (Å²) in [6, 6.07) is 18.0. The van der Waals surface area contributed by atoms with Gasteiger partial charge in [0.1, 0.15) is 11.8 Å². The molecule has 0 fully saturated rings. The van der Waals surface area contributed by atoms with Gasteiger partial charge in [-0.05, 0) is 48.2 Å². The molecule has 0 radical (unpaired) electrons. The van der Waals surface area contributed by atoms with Gasteiger partial charge in [-0.3, -0.25) is 4.40 Å². The second-order valence-corrected chi connectivity index (χ2v) is 7.18. The van der Waals surface area contributed by atoms with E-state index in [4.69, 9.17) is 4.74 Å². The molecule has 1 unspecified atom stereocenters. The number of aliphatic hydroxyl groups is 1. The van der Waals surface area contributed by atoms with Gasteiger partial charge >= 0.3 is 5.97 Å². The zero-order valence-electron chi connectivity index (χ0n) is 17.0. The van der Waals surface area contributed by atoms with Crippen molar-refractivity contribution in [3.8, 4) is 17.0 Å². The predicted octanol–water partition coefficient (Wildman–Crippen LogP) is 4.41. The van der Waals surface area contributed by atoms with E-state index >= 15 is 0 Å². The second kappa shape index (κ2) is 7.65. The maximum absolute atomic E-state index is 11.5. The molecule has 0 saturated carbocycles. The fraction of sp³-hybridized carbons (Fsp3) is 0.167. The van der Waals surface area contributed by atoms with E-state index < -0.39 is 12.1 Å². The van der Waals surface area contributed by atoms with Crippen LogP contribution in [0.3, 0.4) is 0 Å². The van der Waals surface area contributed by atoms with Crippen LogP contribution in [0.4, 0.5) is 0 Å². The lowest BCUT2D eigenvalue weighted by Crippen LogP contribution is -2.08. The van der Waals surface area contributed by atoms with Gasteiger partial charge in [0.25, 0.3) is 0 Å². The van der Waals surface area contributed by atoms with Crippen LogP contribution < -0.4 is 4.74 Å². The molecule has 2 heterocycles. The zero-order chi connectivity index (χ0) is 21.4. The first kappa shape index (κ1) is 19.7. The molecule has 0 bridgehead atoms. The number of aryl methyl sites for hydroxylation is 2. The minimum absolute atomic E-state index is 0.243. The van der Waals surface area contributed by atoms with E-state index in [1.54, 1.807) is 25.3 Å². The van der Waals surface area contributed by atoms with E-state index in [0.29, 0.717) is 22.7 Å². The van der Waals surface area contributed by atoms with Gasteiger partial charge in [0.15, 0.2) is 0 Å². The number of benzene rings is 2. The molecule has 0 aliphatic carbocycles. The smallest absolute Gasteiger partial charge is 0.336 e. The standard InChI is InChI=1S/C24H22N2O4/c1-14-8-13-20(26-15(2)23(30-3)25-22(14)26)21(27)17-11-9-16(10-12-17)18-6-4-5-7-19(18)24(28)29/h4-13,21,27H,1-3H3,(H,28,29). The molecule has 2 N–H and O–H groups in total. The number of methoxy groups -OCH3 is 1. The number of ether oxygens (including phenoxy) is 1. The van der Waals surface area contributed by atoms with Gasteiger partial charge in [-0.1, -0.05) is 48.5 Å². The number of pyridine rings is 1. The number of carbonyl (C=O) groups is 1. The molecule has 6 heteroatoms. The number of aliphatic hydroxyl groups excluding tert-OH is 1. The highest BCUT2D eigenvalue weighted by Crippen LogP contribution is 2.31. The van der Waals surface area contributed by atoms with Crippen LogP contribution in [0.5, 0.6) is 5.88 Å². The number of imidazole rings is 1. The van der Waals surface area contributed by atoms with E-state index in [2.05, 4.69) is 4.98 Å². The Hall–Kier alpha value is -3.64. The molecule has 0 saturated heterocycles. The molecule has 0 amide bonds. The normalized spacial score (nSPS) is 12.1. The van der Waals surface area contributed by atoms with Crippen LogP contribution in [0.15, 0.2) is 60.7 Å². The van der Waals surface area contributed by atoms with E-state index in [0.717, 1.165) is 22.5 Å². The van der Waals surface area contributed by atoms with Crippen LogP contribution in [-0.2, 0) is 0 Å². The topological polar surface area (TPSA) is 84.1 Å². The lowest BCUT2D eigenvalue weighted by atomic mass is 9.97. The quantitative estimate of drug-likeness (QED) is 0.517. The van der Waals surface area contributed by atoms with Crippen molar-refractivity contribution in [1.82, 2.24) is 9.38 Å². The van der Waals surface area contributed by atoms with Gasteiger partial charge in [-0.15, -0.1) is 0 Å². The lowest BCUT2D eigenvalue weighted by molar-refractivity contribution is 0.0697. The summed E-state index contributed by atoms with van der Waals surface area (Å²) in [5.74, 6) is -0.445. The highest BCUT2D eigenvalue weighted by Gasteiger charge is 2.20. The van der Waals surface area contributed by atoms with Gasteiger partial charge < -0.3 is 14.9 Å². The van der Waals surface area contributed by atoms with E-state index in [1.807, 2.05) is 60.7 Å². The third-order valence-corrected chi connectivity index (χ3v) is 5.35. The van der Waals surface area contributed by atoms with Gasteiger partial charge in [-0.2, -0.15) is 4.98 Å². The summed E-state index contributed by atoms with van der Waals surface area (Å²) < 4.78 is 7.27. The van der Waals surface area contributed by atoms with Crippen LogP contribution >= 0.6 is 0 Å². The van der Waals surface area contributed by atoms with Crippen molar-refractivity contribution in [2.75, 3.05) is 7.11 Å². The summed E-state index contributed by atoms with van der Waals surface area (Å²) in [5.41, 5.74) is 5.58. The molecule has 0 spiro atoms. The van der Waals surface area contributed by atoms with Crippen molar-refractivity contribution >= 4 is 11.6 Å². The molecule has 2 aromatic heterocycles. The van der Waals surface area contributed by atoms with Crippen molar-refractivity contribution in [2.24, 2.45) is 0 Å². The van der Waals surface area contributed by atoms with Crippen molar-refractivity contribution in [3.05, 3.63) is 88.7 Å². The van der Waals surface area contributed by atoms with Gasteiger partial charge in [0, 0.05) is 0 Å². The zero-order valence-corrected chi connectivity index (χ0v) is 17.0. The number of hydrogen-bond acceptors (Lipinski definition) is 4. The first-order valence-corrected chi connectivity index (χ1v) is 9.55. The average Bonchev–Trinajstić information content (AvgIpc) is 3.11. The largest absolute Gasteiger partial charge is 0.480 e. The molecule has 0 aliphatic rings. The second-order valence-electron chi connectivity index (χ2n) is 7.18. The molecule has 152 valence electrons. The minimum Gasteiger partial charge on any atom is -0.480 e. The fourth-order valence-electron chi connectivity index (χ4n) is 3.77. The number of nitrogens with zero attached hydrogens (tertiary/aromatic N) is 2. The summed E-state index contributed by atoms with van der Waals surface area (Å²) in [4.78, 5) is 16.0. The Morgan fingerprint density at radius 1 is 1.03 bits per heavy atom. The van der Waals surface area contributed by atoms with Gasteiger partial charge in [0.05, 0.1) is 24.1 Å². The van der Waals surface area contributed by atoms with Crippen molar-refractivity contribution in [2.45, 2.75) is 20.0 Å². The number of rotatable bonds is 5. The number of carboxylic acids is 1. The number of aromatic carboxylic acids is 1. The van der Waals surface area contributed by atoms with Crippen LogP contribution in [-0.4, -0.2) is 32.7 Å². The molecule has 6 nitrogen and oxygen atoms in total. The van der Waals surface area contributed by atoms with E-state index in [-0.39, 0.29) is 5.56 Å². The highest BCUT2D eigenvalue weighted by atomic mass is 16.5. The van der Waals surface area contributed by atoms with Crippen LogP contribution in [0, 0.1) is 13.8 Å². The lowest BCUT2D eigenvalue weighted by Gasteiger charge is -2.16. The molecule has 30 heavy (non-hydrogen) atoms. The Bertz CT molecular complexity index is 1240. The first-order valence-electron chi connectivity index (χ1n) is 9.55. The number of aromatic nitrogens is 2. The Morgan fingerprint density at radius 3 is 2.40 bits per heavy atom. The Morgan fingerprint density at radius 2 is 1.73 bits per heavy atom. The summed E-state index contributed by atoms with van der Waals surface area (Å²) in [7, 11) is 1.58. The number of fused-ring (bicyclic) bond motifs is 1. The minimum atomic E-state index is -0.971. The first-order chi connectivity index (χ1) is 14.4. The van der Waals surface area contributed by atoms with Crippen LogP contribution in [0.1, 0.15) is 39.0 Å². The summed E-state index contributed by atoms with van der Waals surface area (Å²) in [6.07, 6.45) is -0.880. The summed E-state index contributed by atoms with van der Waals surface area (Å²) in [5, 5.41) is 20.5. The Kier molecular flexibility index (Phi) is 5.01. The summed E-state index contributed by atoms with van der Waals surface area (Å²) in [6.45, 7) is 3.87. The SMILES string of the molecule is COc1nc2c(C)ccc(C(O)c3ccc(-c4ccccc4C(=O)O)cc3)n2c1C. The summed E-state index contributed by atoms with van der Waals surface area (Å²) >= 11 is 0. The number of carboxylic acid groups (broad SMARTS) is 1. The molecule has 0 aliphatic heterocycles. The molecule has 1 atom stereocenters. The molecular formula is C24H22N2O4. The molecule has 2 aromatic carbocycles. The van der Waals surface area contributed by atoms with Gasteiger partial charge in [-0.25, -0.2) is 4.79 Å². The predicted molar refractivity (Wildman–Crippen MR) is 114 cm³/mol. The average molecular weight is 402 g/mol. The van der Waals surface area contributed by atoms with E-state index in [9.17, 15) is 15.0 Å². The molecule has 4 aromatic rings. The Labute approximate surface area is 174 Å². The van der Waals surface area contributed by atoms with Crippen molar-refractivity contribution in [1.29, 1.82) is 0 Å². The van der Waals surface area contributed by atoms with Crippen LogP contribution in [0.2, 0.25) is 0 Å². The Balaban J connectivity index is 1.76. The van der Waals surface area contributed by atoms with Crippen molar-refractivity contribution in [3.63, 3.8) is 0 Å². The fourth-order valence-corrected chi connectivity index (χ4v) is 3.77. The monoisotopic (exact) mass is 402 g/mol. The number of hydrogen-bond donors (Lipinski definition) is 2.